The Labute approximate surface area is 612 Å². The summed E-state index contributed by atoms with van der Waals surface area (Å²) in [5.74, 6) is -11.8. The molecule has 0 atom stereocenters. The molecule has 0 aromatic carbocycles. The molecule has 0 aliphatic carbocycles. The molecule has 0 spiro atoms. The van der Waals surface area contributed by atoms with E-state index in [0.29, 0.717) is 6.54 Å². The second kappa shape index (κ2) is 56.1. The van der Waals surface area contributed by atoms with Gasteiger partial charge in [0.05, 0.1) is 69.3 Å². The summed E-state index contributed by atoms with van der Waals surface area (Å²) in [4.78, 5) is 188. The van der Waals surface area contributed by atoms with Crippen molar-refractivity contribution in [2.24, 2.45) is 0 Å². The van der Waals surface area contributed by atoms with Gasteiger partial charge in [-0.15, -0.1) is 0 Å². The molecule has 0 saturated carbocycles. The largest absolute Gasteiger partial charge is 0.503 e. The van der Waals surface area contributed by atoms with Crippen LogP contribution in [0.3, 0.4) is 0 Å². The fourth-order valence-electron chi connectivity index (χ4n) is 5.28. The first-order valence-electron chi connectivity index (χ1n) is 29.3. The number of aliphatic hydroxyl groups excluding tert-OH is 8. The first-order valence-corrected chi connectivity index (χ1v) is 29.3. The fourth-order valence-corrected chi connectivity index (χ4v) is 5.28. The van der Waals surface area contributed by atoms with E-state index in [1.807, 2.05) is 6.92 Å². The summed E-state index contributed by atoms with van der Waals surface area (Å²) in [6, 6.07) is 0. The summed E-state index contributed by atoms with van der Waals surface area (Å²) in [5.41, 5.74) is 0. The van der Waals surface area contributed by atoms with Crippen molar-refractivity contribution in [1.29, 1.82) is 0 Å². The van der Waals surface area contributed by atoms with Crippen LogP contribution in [-0.2, 0) is 106 Å². The van der Waals surface area contributed by atoms with Gasteiger partial charge in [0.25, 0.3) is 35.4 Å². The van der Waals surface area contributed by atoms with E-state index in [4.69, 9.17) is 10.2 Å². The minimum absolute atomic E-state index is 0. The fraction of sp³-hybridized carbons (Fsp3) is 0.557. The van der Waals surface area contributed by atoms with E-state index in [0.717, 1.165) is 67.4 Å². The van der Waals surface area contributed by atoms with E-state index >= 15 is 0 Å². The van der Waals surface area contributed by atoms with E-state index in [1.54, 1.807) is 49.3 Å². The first kappa shape index (κ1) is 107. The molecule has 0 saturated heterocycles. The summed E-state index contributed by atoms with van der Waals surface area (Å²) < 4.78 is 0. The molecule has 40 heteroatoms. The van der Waals surface area contributed by atoms with Gasteiger partial charge in [-0.3, -0.25) is 71.9 Å². The minimum atomic E-state index is -0.777. The van der Waals surface area contributed by atoms with Gasteiger partial charge in [0.2, 0.25) is 53.2 Å². The molecule has 0 aliphatic rings. The molecule has 0 aromatic rings. The summed E-state index contributed by atoms with van der Waals surface area (Å²) in [6.45, 7) is 2.01. The Kier molecular flexibility index (Phi) is 59.5. The zero-order valence-corrected chi connectivity index (χ0v) is 64.7. The molecule has 0 aromatic heterocycles. The second-order valence-electron chi connectivity index (χ2n) is 22.5. The monoisotopic (exact) mass is 1530 g/mol. The number of hydrogen-bond acceptors (Lipinski definition) is 23. The third kappa shape index (κ3) is 49.4. The van der Waals surface area contributed by atoms with Crippen molar-refractivity contribution < 1.29 is 147 Å². The number of likely N-dealkylation sites (N-methyl/N-ethyl adjacent to an activating group) is 15. The molecule has 0 heterocycles. The molecule has 0 aliphatic heterocycles. The summed E-state index contributed by atoms with van der Waals surface area (Å²) >= 11 is 0. The molecule has 8 N–H and O–H groups in total. The number of carbonyl (C=O) groups excluding carboxylic acids is 15. The van der Waals surface area contributed by atoms with E-state index in [2.05, 4.69) is 0 Å². The number of aliphatic hydroxyl groups is 8. The maximum atomic E-state index is 11.6. The van der Waals surface area contributed by atoms with Gasteiger partial charge in [-0.1, -0.05) is 6.92 Å². The van der Waals surface area contributed by atoms with Crippen molar-refractivity contribution in [2.45, 2.75) is 13.3 Å². The average molecular weight is 1530 g/mol. The van der Waals surface area contributed by atoms with Gasteiger partial charge in [-0.25, -0.2) is 0 Å². The van der Waals surface area contributed by atoms with Crippen LogP contribution in [0.1, 0.15) is 13.3 Å². The summed E-state index contributed by atoms with van der Waals surface area (Å²) in [7, 11) is 35.9. The van der Waals surface area contributed by atoms with E-state index < -0.39 is 99.5 Å². The van der Waals surface area contributed by atoms with Crippen LogP contribution in [0.5, 0.6) is 0 Å². The second-order valence-corrected chi connectivity index (χ2v) is 22.5. The van der Waals surface area contributed by atoms with Crippen molar-refractivity contribution in [3.63, 3.8) is 0 Å². The SMILES string of the molecule is CCCN(C)C(=O)C=C(O)C(=O)N(C)C.CN(C)C(=O)C(O)=CC(=O)N(C)CCO.CN(C)C(=O)C(O)=CC(=O)N(C)CCO.CN(C)C(=O)C=C(O)C(=O)N(C)CC(=O)N(C)C.CN(C)C(=O)C=C(O)C(=O)N(C)CC(=O)N(C)C.CN(C)C(=O)C=C(O)C(=O)N(C)CC(=O)N(C)C.[Fe].[Fe]. The van der Waals surface area contributed by atoms with Gasteiger partial charge in [0.15, 0.2) is 34.6 Å². The Morgan fingerprint density at radius 2 is 0.406 bits per heavy atom. The standard InChI is InChI=1S/3C11H19N3O4.C10H18N2O3.2C9H16N2O4.2Fe/c3*1-12(2)9(16)6-8(15)11(18)14(5)7-10(17)13(3)4;1-5-6-12(4)9(14)7-8(13)10(15)11(2)3;2*1-10(2)9(15)7(13)6-8(14)11(3)4-5-12;;/h3*6,15H,7H2,1-5H3;7,13H,5-6H2,1-4H3;2*6,12-13H,4-5H2,1-3H3;;. The van der Waals surface area contributed by atoms with Crippen LogP contribution >= 0.6 is 0 Å². The van der Waals surface area contributed by atoms with Crippen LogP contribution in [-0.4, -0.2) is 425 Å². The number of hydrogen-bond donors (Lipinski definition) is 8. The van der Waals surface area contributed by atoms with Crippen molar-refractivity contribution in [3.8, 4) is 0 Å². The van der Waals surface area contributed by atoms with Crippen LogP contribution in [0.25, 0.3) is 0 Å². The normalized spacial score (nSPS) is 10.7. The third-order valence-corrected chi connectivity index (χ3v) is 11.6. The maximum Gasteiger partial charge on any atom is 0.289 e. The molecule has 0 bridgehead atoms. The van der Waals surface area contributed by atoms with Gasteiger partial charge in [0, 0.05) is 223 Å². The van der Waals surface area contributed by atoms with Gasteiger partial charge >= 0.3 is 0 Å². The Bertz CT molecular complexity index is 2640. The molecule has 580 valence electrons. The minimum Gasteiger partial charge on any atom is -0.503 e. The van der Waals surface area contributed by atoms with E-state index in [-0.39, 0.29) is 104 Å². The Hall–Kier alpha value is -9.75. The zero-order chi connectivity index (χ0) is 79.4. The Morgan fingerprint density at radius 3 is 0.554 bits per heavy atom. The average Bonchev–Trinajstić information content (AvgIpc) is 0.923. The number of amides is 15. The Morgan fingerprint density at radius 1 is 0.238 bits per heavy atom. The first-order chi connectivity index (χ1) is 45.2. The van der Waals surface area contributed by atoms with Crippen LogP contribution in [0.15, 0.2) is 71.0 Å². The Balaban J connectivity index is -0.000000171. The summed E-state index contributed by atoms with van der Waals surface area (Å²) in [5, 5.41) is 73.3. The van der Waals surface area contributed by atoms with E-state index in [1.165, 1.54) is 169 Å². The summed E-state index contributed by atoms with van der Waals surface area (Å²) in [6.07, 6.45) is 5.89. The molecular weight excluding hydrogens is 1420 g/mol. The van der Waals surface area contributed by atoms with Crippen LogP contribution < -0.4 is 0 Å². The molecule has 0 unspecified atom stereocenters. The maximum absolute atomic E-state index is 11.6. The molecule has 101 heavy (non-hydrogen) atoms. The third-order valence-electron chi connectivity index (χ3n) is 11.6. The van der Waals surface area contributed by atoms with Crippen LogP contribution in [0.2, 0.25) is 0 Å². The zero-order valence-electron chi connectivity index (χ0n) is 62.4. The molecule has 0 radical (unpaired) electrons. The van der Waals surface area contributed by atoms with Gasteiger partial charge in [-0.05, 0) is 6.42 Å². The number of carbonyl (C=O) groups is 15. The molecule has 15 amide bonds. The van der Waals surface area contributed by atoms with Crippen molar-refractivity contribution in [2.75, 3.05) is 222 Å². The smallest absolute Gasteiger partial charge is 0.289 e. The van der Waals surface area contributed by atoms with Crippen molar-refractivity contribution >= 4 is 88.6 Å². The van der Waals surface area contributed by atoms with Gasteiger partial charge in [0.1, 0.15) is 0 Å². The topological polar surface area (TPSA) is 466 Å². The van der Waals surface area contributed by atoms with Crippen molar-refractivity contribution in [1.82, 2.24) is 73.5 Å². The van der Waals surface area contributed by atoms with Gasteiger partial charge in [-0.2, -0.15) is 0 Å². The van der Waals surface area contributed by atoms with Gasteiger partial charge < -0.3 is 114 Å². The molecule has 38 nitrogen and oxygen atoms in total. The number of rotatable bonds is 24. The van der Waals surface area contributed by atoms with Crippen molar-refractivity contribution in [3.05, 3.63) is 71.0 Å². The van der Waals surface area contributed by atoms with Crippen LogP contribution in [0.4, 0.5) is 0 Å². The predicted molar refractivity (Wildman–Crippen MR) is 363 cm³/mol. The van der Waals surface area contributed by atoms with E-state index in [9.17, 15) is 103 Å². The number of nitrogens with zero attached hydrogens (tertiary/aromatic N) is 15. The van der Waals surface area contributed by atoms with Crippen LogP contribution in [0, 0.1) is 0 Å². The predicted octanol–water partition coefficient (Wildman–Crippen LogP) is -4.50. The molecule has 0 rings (SSSR count). The quantitative estimate of drug-likeness (QED) is 0.0256. The molecule has 0 fully saturated rings. The molecular formula is C61H107Fe2N15O23.